The molecule has 0 unspecified atom stereocenters. The van der Waals surface area contributed by atoms with Gasteiger partial charge in [-0.2, -0.15) is 0 Å². The molecule has 0 amide bonds. The molecule has 0 saturated heterocycles. The second-order valence-electron chi connectivity index (χ2n) is 4.26. The van der Waals surface area contributed by atoms with Gasteiger partial charge in [0.15, 0.2) is 0 Å². The highest BCUT2D eigenvalue weighted by Crippen LogP contribution is 2.15. The summed E-state index contributed by atoms with van der Waals surface area (Å²) in [5, 5.41) is 0. The molecule has 0 atom stereocenters. The van der Waals surface area contributed by atoms with Crippen LogP contribution in [-0.4, -0.2) is 24.9 Å². The van der Waals surface area contributed by atoms with Crippen LogP contribution >= 0.6 is 0 Å². The molecule has 0 aliphatic heterocycles. The second kappa shape index (κ2) is 5.41. The van der Waals surface area contributed by atoms with E-state index in [0.29, 0.717) is 12.1 Å². The van der Waals surface area contributed by atoms with E-state index in [-0.39, 0.29) is 11.4 Å². The predicted molar refractivity (Wildman–Crippen MR) is 73.1 cm³/mol. The van der Waals surface area contributed by atoms with Crippen molar-refractivity contribution in [3.05, 3.63) is 42.0 Å². The molecule has 0 radical (unpaired) electrons. The fraction of sp³-hybridized carbons (Fsp3) is 0.250. The number of H-pyrrole nitrogens is 1. The van der Waals surface area contributed by atoms with Gasteiger partial charge in [-0.25, -0.2) is 18.1 Å². The van der Waals surface area contributed by atoms with Crippen molar-refractivity contribution in [3.63, 3.8) is 0 Å². The zero-order valence-corrected chi connectivity index (χ0v) is 11.4. The number of aromatic nitrogens is 2. The summed E-state index contributed by atoms with van der Waals surface area (Å²) in [7, 11) is -3.53. The van der Waals surface area contributed by atoms with Gasteiger partial charge in [0, 0.05) is 31.0 Å². The maximum Gasteiger partial charge on any atom is 0.240 e. The number of hydrogen-bond donors (Lipinski definition) is 3. The highest BCUT2D eigenvalue weighted by molar-refractivity contribution is 7.89. The van der Waals surface area contributed by atoms with Crippen LogP contribution in [0.2, 0.25) is 0 Å². The van der Waals surface area contributed by atoms with Gasteiger partial charge in [0.05, 0.1) is 4.90 Å². The summed E-state index contributed by atoms with van der Waals surface area (Å²) in [4.78, 5) is 7.13. The number of benzene rings is 1. The summed E-state index contributed by atoms with van der Waals surface area (Å²) < 4.78 is 26.7. The van der Waals surface area contributed by atoms with Crippen molar-refractivity contribution >= 4 is 15.7 Å². The molecule has 0 bridgehead atoms. The quantitative estimate of drug-likeness (QED) is 0.706. The number of hydrogen-bond acceptors (Lipinski definition) is 4. The van der Waals surface area contributed by atoms with Crippen LogP contribution in [0.15, 0.2) is 35.5 Å². The van der Waals surface area contributed by atoms with E-state index in [0.717, 1.165) is 11.4 Å². The van der Waals surface area contributed by atoms with Crippen molar-refractivity contribution in [2.45, 2.75) is 18.2 Å². The van der Waals surface area contributed by atoms with Crippen molar-refractivity contribution in [1.82, 2.24) is 14.7 Å². The first kappa shape index (κ1) is 13.6. The molecule has 2 rings (SSSR count). The number of aryl methyl sites for hydroxylation is 1. The predicted octanol–water partition coefficient (Wildman–Crippen LogP) is 0.821. The third-order valence-corrected chi connectivity index (χ3v) is 4.03. The molecule has 0 fully saturated rings. The lowest BCUT2D eigenvalue weighted by atomic mass is 10.2. The van der Waals surface area contributed by atoms with Crippen LogP contribution in [0.5, 0.6) is 0 Å². The van der Waals surface area contributed by atoms with E-state index in [1.807, 2.05) is 0 Å². The molecule has 1 aromatic carbocycles. The van der Waals surface area contributed by atoms with Crippen molar-refractivity contribution in [2.24, 2.45) is 0 Å². The van der Waals surface area contributed by atoms with E-state index >= 15 is 0 Å². The minimum atomic E-state index is -3.53. The number of imidazole rings is 1. The molecular formula is C12H16N4O2S. The third-order valence-electron chi connectivity index (χ3n) is 2.59. The van der Waals surface area contributed by atoms with Crippen LogP contribution in [0, 0.1) is 6.92 Å². The van der Waals surface area contributed by atoms with Gasteiger partial charge in [0.25, 0.3) is 0 Å². The normalized spacial score (nSPS) is 11.6. The molecule has 4 N–H and O–H groups in total. The fourth-order valence-electron chi connectivity index (χ4n) is 1.75. The molecular weight excluding hydrogens is 264 g/mol. The SMILES string of the molecule is Cc1cc(N)cc(S(=O)(=O)NCCc2ncc[nH]2)c1. The summed E-state index contributed by atoms with van der Waals surface area (Å²) in [6, 6.07) is 4.76. The number of nitrogens with one attached hydrogen (secondary N) is 2. The molecule has 19 heavy (non-hydrogen) atoms. The van der Waals surface area contributed by atoms with E-state index in [2.05, 4.69) is 14.7 Å². The Labute approximate surface area is 112 Å². The Morgan fingerprint density at radius 1 is 1.37 bits per heavy atom. The monoisotopic (exact) mass is 280 g/mol. The van der Waals surface area contributed by atoms with Crippen molar-refractivity contribution in [3.8, 4) is 0 Å². The van der Waals surface area contributed by atoms with Gasteiger partial charge in [0.2, 0.25) is 10.0 Å². The maximum absolute atomic E-state index is 12.1. The Hall–Kier alpha value is -1.86. The van der Waals surface area contributed by atoms with Gasteiger partial charge < -0.3 is 10.7 Å². The molecule has 1 heterocycles. The van der Waals surface area contributed by atoms with Gasteiger partial charge in [0.1, 0.15) is 5.82 Å². The summed E-state index contributed by atoms with van der Waals surface area (Å²) >= 11 is 0. The average Bonchev–Trinajstić information content (AvgIpc) is 2.80. The molecule has 7 heteroatoms. The average molecular weight is 280 g/mol. The Kier molecular flexibility index (Phi) is 3.87. The van der Waals surface area contributed by atoms with Crippen molar-refractivity contribution < 1.29 is 8.42 Å². The van der Waals surface area contributed by atoms with E-state index < -0.39 is 10.0 Å². The first-order valence-electron chi connectivity index (χ1n) is 5.82. The van der Waals surface area contributed by atoms with Crippen LogP contribution in [0.25, 0.3) is 0 Å². The van der Waals surface area contributed by atoms with E-state index in [1.54, 1.807) is 31.5 Å². The zero-order chi connectivity index (χ0) is 13.9. The van der Waals surface area contributed by atoms with Crippen LogP contribution in [0.3, 0.4) is 0 Å². The molecule has 2 aromatic rings. The molecule has 102 valence electrons. The Balaban J connectivity index is 2.05. The molecule has 0 spiro atoms. The Bertz CT molecular complexity index is 630. The fourth-order valence-corrected chi connectivity index (χ4v) is 2.92. The topological polar surface area (TPSA) is 101 Å². The number of nitrogens with two attached hydrogens (primary N) is 1. The minimum absolute atomic E-state index is 0.185. The summed E-state index contributed by atoms with van der Waals surface area (Å²) in [6.07, 6.45) is 3.84. The molecule has 0 aliphatic carbocycles. The number of rotatable bonds is 5. The minimum Gasteiger partial charge on any atom is -0.399 e. The van der Waals surface area contributed by atoms with Crippen LogP contribution in [0.4, 0.5) is 5.69 Å². The van der Waals surface area contributed by atoms with Gasteiger partial charge in [-0.05, 0) is 30.7 Å². The van der Waals surface area contributed by atoms with Crippen molar-refractivity contribution in [1.29, 1.82) is 0 Å². The lowest BCUT2D eigenvalue weighted by Crippen LogP contribution is -2.26. The van der Waals surface area contributed by atoms with E-state index in [1.165, 1.54) is 6.07 Å². The third kappa shape index (κ3) is 3.55. The van der Waals surface area contributed by atoms with Crippen LogP contribution in [0.1, 0.15) is 11.4 Å². The molecule has 1 aromatic heterocycles. The highest BCUT2D eigenvalue weighted by Gasteiger charge is 2.14. The van der Waals surface area contributed by atoms with E-state index in [4.69, 9.17) is 5.73 Å². The smallest absolute Gasteiger partial charge is 0.240 e. The first-order chi connectivity index (χ1) is 8.97. The number of nitrogens with zero attached hydrogens (tertiary/aromatic N) is 1. The summed E-state index contributed by atoms with van der Waals surface area (Å²) in [5.74, 6) is 0.742. The first-order valence-corrected chi connectivity index (χ1v) is 7.31. The largest absolute Gasteiger partial charge is 0.399 e. The van der Waals surface area contributed by atoms with Crippen molar-refractivity contribution in [2.75, 3.05) is 12.3 Å². The standard InChI is InChI=1S/C12H16N4O2S/c1-9-6-10(13)8-11(7-9)19(17,18)16-3-2-12-14-4-5-15-12/h4-8,16H,2-3,13H2,1H3,(H,14,15). The second-order valence-corrected chi connectivity index (χ2v) is 6.03. The lowest BCUT2D eigenvalue weighted by Gasteiger charge is -2.08. The van der Waals surface area contributed by atoms with E-state index in [9.17, 15) is 8.42 Å². The highest BCUT2D eigenvalue weighted by atomic mass is 32.2. The Morgan fingerprint density at radius 3 is 2.79 bits per heavy atom. The summed E-state index contributed by atoms with van der Waals surface area (Å²) in [6.45, 7) is 2.09. The number of sulfonamides is 1. The maximum atomic E-state index is 12.1. The Morgan fingerprint density at radius 2 is 2.16 bits per heavy atom. The van der Waals surface area contributed by atoms with Crippen LogP contribution in [-0.2, 0) is 16.4 Å². The van der Waals surface area contributed by atoms with Crippen LogP contribution < -0.4 is 10.5 Å². The van der Waals surface area contributed by atoms with Gasteiger partial charge >= 0.3 is 0 Å². The molecule has 0 saturated carbocycles. The molecule has 6 nitrogen and oxygen atoms in total. The summed E-state index contributed by atoms with van der Waals surface area (Å²) in [5.41, 5.74) is 6.90. The lowest BCUT2D eigenvalue weighted by molar-refractivity contribution is 0.581. The number of aromatic amines is 1. The van der Waals surface area contributed by atoms with Gasteiger partial charge in [-0.1, -0.05) is 0 Å². The number of nitrogen functional groups attached to an aromatic ring is 1. The van der Waals surface area contributed by atoms with Gasteiger partial charge in [-0.15, -0.1) is 0 Å². The number of anilines is 1. The van der Waals surface area contributed by atoms with Gasteiger partial charge in [-0.3, -0.25) is 0 Å². The molecule has 0 aliphatic rings. The zero-order valence-electron chi connectivity index (χ0n) is 10.6.